The van der Waals surface area contributed by atoms with Gasteiger partial charge in [-0.15, -0.1) is 13.2 Å². The minimum absolute atomic E-state index is 0.0825. The van der Waals surface area contributed by atoms with E-state index in [2.05, 4.69) is 62.6 Å². The van der Waals surface area contributed by atoms with Crippen LogP contribution in [0.15, 0.2) is 60.8 Å². The Morgan fingerprint density at radius 2 is 1.53 bits per heavy atom. The van der Waals surface area contributed by atoms with Crippen LogP contribution in [0.1, 0.15) is 28.7 Å². The second-order valence-corrected chi connectivity index (χ2v) is 11.2. The van der Waals surface area contributed by atoms with Crippen LogP contribution in [0, 0.1) is 6.92 Å². The summed E-state index contributed by atoms with van der Waals surface area (Å²) in [5, 5.41) is 1.04. The number of rotatable bonds is 11. The predicted molar refractivity (Wildman–Crippen MR) is 164 cm³/mol. The number of fused-ring (bicyclic) bond motifs is 1. The highest BCUT2D eigenvalue weighted by molar-refractivity contribution is 5.97. The van der Waals surface area contributed by atoms with Crippen molar-refractivity contribution in [2.24, 2.45) is 11.5 Å². The molecule has 7 nitrogen and oxygen atoms in total. The third kappa shape index (κ3) is 7.69. The standard InChI is InChI=1S/C33H40F3N5O2/c1-23-14-25(16-28(15-23)42-2)21-40-12-10-39(11-13-40)20-24-4-7-32-30(17-24)31(22-41(32)9-3-8-37)29-6-5-27(18-26(29)19-38)43-33(34,35)36/h4-7,14-18,22H,3,8-13,19-21,37-38H2,1-2H3. The smallest absolute Gasteiger partial charge is 0.497 e. The number of halogens is 3. The van der Waals surface area contributed by atoms with Crippen molar-refractivity contribution in [1.29, 1.82) is 0 Å². The summed E-state index contributed by atoms with van der Waals surface area (Å²) in [6.07, 6.45) is -1.89. The van der Waals surface area contributed by atoms with Crippen LogP contribution < -0.4 is 20.9 Å². The summed E-state index contributed by atoms with van der Waals surface area (Å²) < 4.78 is 50.3. The first kappa shape index (κ1) is 30.9. The molecule has 230 valence electrons. The molecule has 0 atom stereocenters. The Morgan fingerprint density at radius 3 is 2.19 bits per heavy atom. The zero-order valence-electron chi connectivity index (χ0n) is 24.8. The highest BCUT2D eigenvalue weighted by atomic mass is 19.4. The van der Waals surface area contributed by atoms with Crippen LogP contribution in [0.5, 0.6) is 11.5 Å². The van der Waals surface area contributed by atoms with Gasteiger partial charge >= 0.3 is 6.36 Å². The summed E-state index contributed by atoms with van der Waals surface area (Å²) in [5.74, 6) is 0.620. The molecule has 1 saturated heterocycles. The molecule has 0 aliphatic carbocycles. The van der Waals surface area contributed by atoms with Gasteiger partial charge in [-0.05, 0) is 84.1 Å². The summed E-state index contributed by atoms with van der Waals surface area (Å²) in [5.41, 5.74) is 18.8. The summed E-state index contributed by atoms with van der Waals surface area (Å²) >= 11 is 0. The molecule has 4 N–H and O–H groups in total. The van der Waals surface area contributed by atoms with E-state index in [4.69, 9.17) is 16.2 Å². The molecule has 5 rings (SSSR count). The molecule has 2 heterocycles. The van der Waals surface area contributed by atoms with E-state index < -0.39 is 6.36 Å². The lowest BCUT2D eigenvalue weighted by atomic mass is 9.98. The van der Waals surface area contributed by atoms with E-state index in [0.29, 0.717) is 12.1 Å². The van der Waals surface area contributed by atoms with Crippen molar-refractivity contribution in [2.75, 3.05) is 39.8 Å². The normalized spacial score (nSPS) is 14.9. The molecular formula is C33H40F3N5O2. The molecule has 1 aliphatic rings. The summed E-state index contributed by atoms with van der Waals surface area (Å²) in [4.78, 5) is 4.94. The van der Waals surface area contributed by atoms with Crippen molar-refractivity contribution in [3.05, 3.63) is 83.0 Å². The molecule has 0 bridgehead atoms. The number of methoxy groups -OCH3 is 1. The Morgan fingerprint density at radius 1 is 0.814 bits per heavy atom. The fourth-order valence-electron chi connectivity index (χ4n) is 5.96. The van der Waals surface area contributed by atoms with Crippen LogP contribution in [-0.4, -0.2) is 60.6 Å². The van der Waals surface area contributed by atoms with Gasteiger partial charge in [0, 0.05) is 75.0 Å². The Balaban J connectivity index is 1.35. The number of hydrogen-bond acceptors (Lipinski definition) is 6. The number of nitrogens with zero attached hydrogens (tertiary/aromatic N) is 3. The lowest BCUT2D eigenvalue weighted by Gasteiger charge is -2.34. The van der Waals surface area contributed by atoms with Gasteiger partial charge in [-0.3, -0.25) is 9.80 Å². The largest absolute Gasteiger partial charge is 0.573 e. The fraction of sp³-hybridized carbons (Fsp3) is 0.394. The van der Waals surface area contributed by atoms with Gasteiger partial charge < -0.3 is 25.5 Å². The lowest BCUT2D eigenvalue weighted by Crippen LogP contribution is -2.45. The van der Waals surface area contributed by atoms with E-state index in [1.165, 1.54) is 28.8 Å². The first-order chi connectivity index (χ1) is 20.6. The van der Waals surface area contributed by atoms with Gasteiger partial charge in [0.25, 0.3) is 0 Å². The quantitative estimate of drug-likeness (QED) is 0.233. The first-order valence-corrected chi connectivity index (χ1v) is 14.7. The minimum atomic E-state index is -4.76. The molecule has 0 amide bonds. The highest BCUT2D eigenvalue weighted by Crippen LogP contribution is 2.36. The third-order valence-electron chi connectivity index (χ3n) is 7.99. The number of piperazine rings is 1. The van der Waals surface area contributed by atoms with Gasteiger partial charge in [0.1, 0.15) is 11.5 Å². The van der Waals surface area contributed by atoms with Crippen LogP contribution in [-0.2, 0) is 26.2 Å². The molecular weight excluding hydrogens is 555 g/mol. The number of benzene rings is 3. The van der Waals surface area contributed by atoms with Crippen LogP contribution in [0.2, 0.25) is 0 Å². The van der Waals surface area contributed by atoms with Gasteiger partial charge in [0.05, 0.1) is 7.11 Å². The Bertz CT molecular complexity index is 1540. The van der Waals surface area contributed by atoms with E-state index in [-0.39, 0.29) is 12.3 Å². The minimum Gasteiger partial charge on any atom is -0.497 e. The number of hydrogen-bond donors (Lipinski definition) is 2. The van der Waals surface area contributed by atoms with Crippen molar-refractivity contribution in [1.82, 2.24) is 14.4 Å². The summed E-state index contributed by atoms with van der Waals surface area (Å²) in [7, 11) is 1.70. The van der Waals surface area contributed by atoms with E-state index >= 15 is 0 Å². The topological polar surface area (TPSA) is 81.9 Å². The van der Waals surface area contributed by atoms with Gasteiger partial charge in [0.15, 0.2) is 0 Å². The lowest BCUT2D eigenvalue weighted by molar-refractivity contribution is -0.274. The van der Waals surface area contributed by atoms with E-state index in [9.17, 15) is 13.2 Å². The zero-order chi connectivity index (χ0) is 30.6. The molecule has 1 aliphatic heterocycles. The maximum atomic E-state index is 12.9. The molecule has 0 spiro atoms. The van der Waals surface area contributed by atoms with Gasteiger partial charge in [0.2, 0.25) is 0 Å². The molecule has 0 unspecified atom stereocenters. The molecule has 3 aromatic carbocycles. The van der Waals surface area contributed by atoms with Gasteiger partial charge in [-0.1, -0.05) is 18.2 Å². The third-order valence-corrected chi connectivity index (χ3v) is 7.99. The Labute approximate surface area is 250 Å². The van der Waals surface area contributed by atoms with Crippen molar-refractivity contribution >= 4 is 10.9 Å². The molecule has 1 fully saturated rings. The average Bonchev–Trinajstić information content (AvgIpc) is 3.33. The molecule has 0 radical (unpaired) electrons. The monoisotopic (exact) mass is 595 g/mol. The molecule has 4 aromatic rings. The molecule has 0 saturated carbocycles. The number of alkyl halides is 3. The number of aryl methyl sites for hydroxylation is 2. The fourth-order valence-corrected chi connectivity index (χ4v) is 5.96. The molecule has 10 heteroatoms. The maximum absolute atomic E-state index is 12.9. The second-order valence-electron chi connectivity index (χ2n) is 11.2. The SMILES string of the molecule is COc1cc(C)cc(CN2CCN(Cc3ccc4c(c3)c(-c3ccc(OC(F)(F)F)cc3CN)cn4CCCN)CC2)c1. The highest BCUT2D eigenvalue weighted by Gasteiger charge is 2.31. The maximum Gasteiger partial charge on any atom is 0.573 e. The van der Waals surface area contributed by atoms with Crippen LogP contribution in [0.25, 0.3) is 22.0 Å². The number of ether oxygens (including phenoxy) is 2. The van der Waals surface area contributed by atoms with E-state index in [0.717, 1.165) is 80.0 Å². The van der Waals surface area contributed by atoms with E-state index in [1.807, 2.05) is 6.07 Å². The predicted octanol–water partition coefficient (Wildman–Crippen LogP) is 5.65. The number of aromatic nitrogens is 1. The average molecular weight is 596 g/mol. The van der Waals surface area contributed by atoms with Gasteiger partial charge in [-0.25, -0.2) is 0 Å². The Kier molecular flexibility index (Phi) is 9.61. The van der Waals surface area contributed by atoms with Crippen molar-refractivity contribution in [3.8, 4) is 22.6 Å². The molecule has 43 heavy (non-hydrogen) atoms. The van der Waals surface area contributed by atoms with E-state index in [1.54, 1.807) is 13.2 Å². The van der Waals surface area contributed by atoms with Gasteiger partial charge in [-0.2, -0.15) is 0 Å². The van der Waals surface area contributed by atoms with Crippen LogP contribution >= 0.6 is 0 Å². The Hall–Kier alpha value is -3.57. The molecule has 1 aromatic heterocycles. The first-order valence-electron chi connectivity index (χ1n) is 14.7. The van der Waals surface area contributed by atoms with Crippen molar-refractivity contribution < 1.29 is 22.6 Å². The van der Waals surface area contributed by atoms with Crippen molar-refractivity contribution in [3.63, 3.8) is 0 Å². The van der Waals surface area contributed by atoms with Crippen molar-refractivity contribution in [2.45, 2.75) is 45.9 Å². The summed E-state index contributed by atoms with van der Waals surface area (Å²) in [6, 6.07) is 17.3. The van der Waals surface area contributed by atoms with Crippen LogP contribution in [0.4, 0.5) is 13.2 Å². The second kappa shape index (κ2) is 13.4. The van der Waals surface area contributed by atoms with Crippen LogP contribution in [0.3, 0.4) is 0 Å². The zero-order valence-corrected chi connectivity index (χ0v) is 24.8. The summed E-state index contributed by atoms with van der Waals surface area (Å²) in [6.45, 7) is 9.07. The number of nitrogens with two attached hydrogens (primary N) is 2.